The number of unbranched alkanes of at least 4 members (excludes halogenated alkanes) is 1. The van der Waals surface area contributed by atoms with Gasteiger partial charge < -0.3 is 15.0 Å². The molecule has 0 fully saturated rings. The molecule has 0 radical (unpaired) electrons. The number of nitrogens with one attached hydrogen (secondary N) is 1. The first kappa shape index (κ1) is 34.3. The summed E-state index contributed by atoms with van der Waals surface area (Å²) in [6.45, 7) is 4.99. The van der Waals surface area contributed by atoms with Gasteiger partial charge in [-0.25, -0.2) is 8.42 Å². The fourth-order valence-electron chi connectivity index (χ4n) is 4.65. The number of carbonyl (C=O) groups excluding carboxylic acids is 2. The number of sulfonamides is 1. The minimum absolute atomic E-state index is 0.0376. The lowest BCUT2D eigenvalue weighted by Crippen LogP contribution is -2.52. The lowest BCUT2D eigenvalue weighted by Gasteiger charge is -2.33. The SMILES string of the molecule is CCCCNC(=O)[C@H](CC)N(Cc1ccccc1)C(=O)CN(c1cc(Cl)ccc1OC)S(=O)(=O)c1ccc(C)c([N+](=O)[O-])c1. The Morgan fingerprint density at radius 1 is 1.07 bits per heavy atom. The Hall–Kier alpha value is -4.16. The van der Waals surface area contributed by atoms with E-state index in [-0.39, 0.29) is 40.9 Å². The van der Waals surface area contributed by atoms with Crippen molar-refractivity contribution < 1.29 is 27.7 Å². The summed E-state index contributed by atoms with van der Waals surface area (Å²) in [6, 6.07) is 16.0. The zero-order chi connectivity index (χ0) is 32.4. The van der Waals surface area contributed by atoms with Crippen molar-refractivity contribution in [3.63, 3.8) is 0 Å². The minimum atomic E-state index is -4.61. The van der Waals surface area contributed by atoms with E-state index in [4.69, 9.17) is 16.3 Å². The van der Waals surface area contributed by atoms with Crippen molar-refractivity contribution in [2.45, 2.75) is 57.5 Å². The zero-order valence-corrected chi connectivity index (χ0v) is 26.7. The van der Waals surface area contributed by atoms with Gasteiger partial charge in [0, 0.05) is 29.7 Å². The van der Waals surface area contributed by atoms with Crippen molar-refractivity contribution in [3.8, 4) is 5.75 Å². The number of methoxy groups -OCH3 is 1. The highest BCUT2D eigenvalue weighted by Gasteiger charge is 2.35. The molecule has 0 saturated heterocycles. The normalized spacial score (nSPS) is 11.8. The van der Waals surface area contributed by atoms with Crippen molar-refractivity contribution in [1.82, 2.24) is 10.2 Å². The molecule has 13 heteroatoms. The maximum Gasteiger partial charge on any atom is 0.273 e. The highest BCUT2D eigenvalue weighted by molar-refractivity contribution is 7.92. The number of amides is 2. The third kappa shape index (κ3) is 8.26. The molecule has 0 heterocycles. The minimum Gasteiger partial charge on any atom is -0.495 e. The topological polar surface area (TPSA) is 139 Å². The molecule has 0 unspecified atom stereocenters. The van der Waals surface area contributed by atoms with Crippen LogP contribution in [0.5, 0.6) is 5.75 Å². The van der Waals surface area contributed by atoms with Crippen LogP contribution in [0.3, 0.4) is 0 Å². The van der Waals surface area contributed by atoms with E-state index in [0.29, 0.717) is 6.54 Å². The molecule has 3 aromatic carbocycles. The lowest BCUT2D eigenvalue weighted by molar-refractivity contribution is -0.385. The van der Waals surface area contributed by atoms with Crippen LogP contribution in [0.1, 0.15) is 44.2 Å². The molecule has 0 bridgehead atoms. The van der Waals surface area contributed by atoms with Gasteiger partial charge in [-0.15, -0.1) is 0 Å². The Morgan fingerprint density at radius 3 is 2.39 bits per heavy atom. The number of halogens is 1. The Morgan fingerprint density at radius 2 is 1.77 bits per heavy atom. The van der Waals surface area contributed by atoms with Gasteiger partial charge in [0.1, 0.15) is 18.3 Å². The van der Waals surface area contributed by atoms with Gasteiger partial charge >= 0.3 is 0 Å². The molecule has 3 aromatic rings. The van der Waals surface area contributed by atoms with E-state index < -0.39 is 44.0 Å². The predicted octanol–water partition coefficient (Wildman–Crippen LogP) is 5.48. The van der Waals surface area contributed by atoms with Gasteiger partial charge in [0.05, 0.1) is 22.6 Å². The van der Waals surface area contributed by atoms with Crippen LogP contribution in [0.25, 0.3) is 0 Å². The van der Waals surface area contributed by atoms with Gasteiger partial charge in [-0.2, -0.15) is 0 Å². The summed E-state index contributed by atoms with van der Waals surface area (Å²) in [4.78, 5) is 39.5. The van der Waals surface area contributed by atoms with Crippen molar-refractivity contribution in [1.29, 1.82) is 0 Å². The van der Waals surface area contributed by atoms with Crippen LogP contribution in [-0.2, 0) is 26.2 Å². The molecule has 0 spiro atoms. The van der Waals surface area contributed by atoms with Crippen LogP contribution in [0.4, 0.5) is 11.4 Å². The average Bonchev–Trinajstić information content (AvgIpc) is 3.00. The number of anilines is 1. The molecule has 0 aliphatic heterocycles. The zero-order valence-electron chi connectivity index (χ0n) is 25.2. The molecule has 2 amide bonds. The molecular formula is C31H37ClN4O7S. The monoisotopic (exact) mass is 644 g/mol. The maximum atomic E-state index is 14.2. The smallest absolute Gasteiger partial charge is 0.273 e. The van der Waals surface area contributed by atoms with Crippen LogP contribution in [0.15, 0.2) is 71.6 Å². The largest absolute Gasteiger partial charge is 0.495 e. The summed E-state index contributed by atoms with van der Waals surface area (Å²) in [5.41, 5.74) is 0.572. The summed E-state index contributed by atoms with van der Waals surface area (Å²) in [5.74, 6) is -0.918. The maximum absolute atomic E-state index is 14.2. The van der Waals surface area contributed by atoms with Gasteiger partial charge in [-0.3, -0.25) is 24.0 Å². The Bertz CT molecular complexity index is 1590. The fraction of sp³-hybridized carbons (Fsp3) is 0.355. The van der Waals surface area contributed by atoms with E-state index in [1.165, 1.54) is 49.3 Å². The molecule has 1 atom stereocenters. The fourth-order valence-corrected chi connectivity index (χ4v) is 6.25. The number of nitro benzene ring substituents is 1. The van der Waals surface area contributed by atoms with Crippen LogP contribution in [0, 0.1) is 17.0 Å². The molecule has 0 aliphatic rings. The molecule has 236 valence electrons. The predicted molar refractivity (Wildman–Crippen MR) is 169 cm³/mol. The van der Waals surface area contributed by atoms with Gasteiger partial charge in [0.2, 0.25) is 11.8 Å². The number of hydrogen-bond donors (Lipinski definition) is 1. The van der Waals surface area contributed by atoms with Gasteiger partial charge in [0.15, 0.2) is 0 Å². The second-order valence-electron chi connectivity index (χ2n) is 10.1. The van der Waals surface area contributed by atoms with Crippen molar-refractivity contribution in [2.75, 3.05) is 24.5 Å². The molecule has 1 N–H and O–H groups in total. The second-order valence-corrected chi connectivity index (χ2v) is 12.4. The van der Waals surface area contributed by atoms with Gasteiger partial charge in [-0.05, 0) is 49.6 Å². The molecule has 0 aliphatic carbocycles. The number of nitro groups is 1. The third-order valence-electron chi connectivity index (χ3n) is 7.06. The van der Waals surface area contributed by atoms with Crippen molar-refractivity contribution in [3.05, 3.63) is 93.0 Å². The summed E-state index contributed by atoms with van der Waals surface area (Å²) in [5, 5.41) is 14.7. The first-order valence-corrected chi connectivity index (χ1v) is 16.0. The standard InChI is InChI=1S/C31H37ClN4O7S/c1-5-7-17-33-31(38)26(6-2)34(20-23-11-9-8-10-12-23)30(37)21-35(28-18-24(32)14-16-29(28)43-4)44(41,42)25-15-13-22(3)27(19-25)36(39)40/h8-16,18-19,26H,5-7,17,20-21H2,1-4H3,(H,33,38)/t26-/m0/s1. The molecule has 3 rings (SSSR count). The van der Waals surface area contributed by atoms with E-state index >= 15 is 0 Å². The highest BCUT2D eigenvalue weighted by Crippen LogP contribution is 2.36. The highest BCUT2D eigenvalue weighted by atomic mass is 35.5. The molecular weight excluding hydrogens is 608 g/mol. The lowest BCUT2D eigenvalue weighted by atomic mass is 10.1. The van der Waals surface area contributed by atoms with Crippen LogP contribution < -0.4 is 14.4 Å². The van der Waals surface area contributed by atoms with Crippen LogP contribution >= 0.6 is 11.6 Å². The van der Waals surface area contributed by atoms with Crippen molar-refractivity contribution in [2.24, 2.45) is 0 Å². The van der Waals surface area contributed by atoms with E-state index in [0.717, 1.165) is 28.8 Å². The average molecular weight is 645 g/mol. The van der Waals surface area contributed by atoms with E-state index in [1.807, 2.05) is 25.1 Å². The second kappa shape index (κ2) is 15.5. The molecule has 0 aromatic heterocycles. The van der Waals surface area contributed by atoms with E-state index in [9.17, 15) is 28.1 Å². The number of aryl methyl sites for hydroxylation is 1. The Balaban J connectivity index is 2.15. The number of hydrogen-bond acceptors (Lipinski definition) is 7. The summed E-state index contributed by atoms with van der Waals surface area (Å²) in [7, 11) is -3.27. The third-order valence-corrected chi connectivity index (χ3v) is 9.06. The number of rotatable bonds is 15. The summed E-state index contributed by atoms with van der Waals surface area (Å²) in [6.07, 6.45) is 1.90. The van der Waals surface area contributed by atoms with Crippen LogP contribution in [0.2, 0.25) is 5.02 Å². The van der Waals surface area contributed by atoms with Gasteiger partial charge in [0.25, 0.3) is 15.7 Å². The van der Waals surface area contributed by atoms with E-state index in [1.54, 1.807) is 19.1 Å². The number of ether oxygens (including phenoxy) is 1. The first-order valence-electron chi connectivity index (χ1n) is 14.2. The van der Waals surface area contributed by atoms with E-state index in [2.05, 4.69) is 5.32 Å². The van der Waals surface area contributed by atoms with Crippen LogP contribution in [-0.4, -0.2) is 56.3 Å². The summed E-state index contributed by atoms with van der Waals surface area (Å²) < 4.78 is 34.7. The Kier molecular flexibility index (Phi) is 12.1. The first-order chi connectivity index (χ1) is 20.9. The quantitative estimate of drug-likeness (QED) is 0.131. The molecule has 44 heavy (non-hydrogen) atoms. The van der Waals surface area contributed by atoms with Gasteiger partial charge in [-0.1, -0.05) is 68.3 Å². The molecule has 0 saturated carbocycles. The van der Waals surface area contributed by atoms with Crippen molar-refractivity contribution >= 4 is 44.8 Å². The summed E-state index contributed by atoms with van der Waals surface area (Å²) >= 11 is 6.27. The number of benzene rings is 3. The Labute approximate surface area is 263 Å². The number of nitrogens with zero attached hydrogens (tertiary/aromatic N) is 3. The molecule has 11 nitrogen and oxygen atoms in total. The number of carbonyl (C=O) groups is 2.